The second kappa shape index (κ2) is 6.10. The average Bonchev–Trinajstić information content (AvgIpc) is 3.07. The highest BCUT2D eigenvalue weighted by Crippen LogP contribution is 2.39. The zero-order valence-corrected chi connectivity index (χ0v) is 13.7. The van der Waals surface area contributed by atoms with Gasteiger partial charge < -0.3 is 5.11 Å². The third-order valence-corrected chi connectivity index (χ3v) is 4.75. The van der Waals surface area contributed by atoms with Crippen LogP contribution in [0.1, 0.15) is 24.0 Å². The monoisotopic (exact) mass is 312 g/mol. The van der Waals surface area contributed by atoms with Crippen LogP contribution in [0.4, 0.5) is 0 Å². The Bertz CT molecular complexity index is 945. The van der Waals surface area contributed by atoms with Crippen molar-refractivity contribution in [1.82, 2.24) is 0 Å². The van der Waals surface area contributed by atoms with E-state index in [1.165, 1.54) is 33.0 Å². The third-order valence-electron chi connectivity index (χ3n) is 4.75. The normalized spacial score (nSPS) is 16.6. The number of rotatable bonds is 3. The molecule has 0 radical (unpaired) electrons. The lowest BCUT2D eigenvalue weighted by molar-refractivity contribution is 0.282. The molecule has 1 atom stereocenters. The van der Waals surface area contributed by atoms with Gasteiger partial charge in [-0.1, -0.05) is 84.5 Å². The molecule has 24 heavy (non-hydrogen) atoms. The van der Waals surface area contributed by atoms with E-state index in [1.54, 1.807) is 0 Å². The van der Waals surface area contributed by atoms with Gasteiger partial charge in [0.15, 0.2) is 0 Å². The van der Waals surface area contributed by atoms with E-state index in [2.05, 4.69) is 73.7 Å². The minimum Gasteiger partial charge on any atom is -0.392 e. The Labute approximate surface area is 142 Å². The van der Waals surface area contributed by atoms with Crippen molar-refractivity contribution in [2.45, 2.75) is 19.4 Å². The molecule has 0 amide bonds. The Kier molecular flexibility index (Phi) is 3.79. The molecular formula is C23H20O. The molecule has 1 unspecified atom stereocenters. The lowest BCUT2D eigenvalue weighted by Crippen LogP contribution is -1.96. The highest BCUT2D eigenvalue weighted by molar-refractivity contribution is 5.98. The van der Waals surface area contributed by atoms with E-state index in [0.29, 0.717) is 5.92 Å². The van der Waals surface area contributed by atoms with Crippen molar-refractivity contribution < 1.29 is 5.11 Å². The molecule has 0 saturated heterocycles. The largest absolute Gasteiger partial charge is 0.392 e. The maximum Gasteiger partial charge on any atom is 0.0681 e. The molecule has 0 saturated carbocycles. The highest BCUT2D eigenvalue weighted by Gasteiger charge is 2.17. The lowest BCUT2D eigenvalue weighted by Gasteiger charge is -2.17. The molecule has 3 aromatic rings. The Morgan fingerprint density at radius 1 is 0.917 bits per heavy atom. The number of hydrogen-bond donors (Lipinski definition) is 1. The molecule has 0 fully saturated rings. The van der Waals surface area contributed by atoms with E-state index in [4.69, 9.17) is 0 Å². The van der Waals surface area contributed by atoms with Crippen LogP contribution in [0.5, 0.6) is 0 Å². The molecule has 4 rings (SSSR count). The van der Waals surface area contributed by atoms with Crippen LogP contribution in [0.3, 0.4) is 0 Å². The maximum atomic E-state index is 9.31. The van der Waals surface area contributed by atoms with Gasteiger partial charge in [-0.05, 0) is 39.9 Å². The summed E-state index contributed by atoms with van der Waals surface area (Å²) in [5.41, 5.74) is 6.08. The van der Waals surface area contributed by atoms with E-state index in [9.17, 15) is 5.11 Å². The molecule has 1 aliphatic rings. The molecule has 1 N–H and O–H groups in total. The predicted molar refractivity (Wildman–Crippen MR) is 101 cm³/mol. The summed E-state index contributed by atoms with van der Waals surface area (Å²) in [6, 6.07) is 21.3. The summed E-state index contributed by atoms with van der Waals surface area (Å²) in [4.78, 5) is 0. The summed E-state index contributed by atoms with van der Waals surface area (Å²) < 4.78 is 0. The van der Waals surface area contributed by atoms with Crippen LogP contribution >= 0.6 is 0 Å². The maximum absolute atomic E-state index is 9.31. The van der Waals surface area contributed by atoms with Crippen LogP contribution in [-0.4, -0.2) is 5.11 Å². The summed E-state index contributed by atoms with van der Waals surface area (Å²) in [7, 11) is 0. The quantitative estimate of drug-likeness (QED) is 0.667. The van der Waals surface area contributed by atoms with E-state index >= 15 is 0 Å². The van der Waals surface area contributed by atoms with Gasteiger partial charge in [0.25, 0.3) is 0 Å². The first-order valence-electron chi connectivity index (χ1n) is 8.35. The van der Waals surface area contributed by atoms with Gasteiger partial charge >= 0.3 is 0 Å². The lowest BCUT2D eigenvalue weighted by atomic mass is 9.87. The first-order valence-corrected chi connectivity index (χ1v) is 8.35. The minimum atomic E-state index is 0.0793. The van der Waals surface area contributed by atoms with Gasteiger partial charge in [0.1, 0.15) is 0 Å². The van der Waals surface area contributed by atoms with Crippen LogP contribution in [0.25, 0.3) is 21.9 Å². The van der Waals surface area contributed by atoms with Crippen molar-refractivity contribution in [3.63, 3.8) is 0 Å². The number of aliphatic hydroxyl groups excluding tert-OH is 1. The number of hydrogen-bond acceptors (Lipinski definition) is 1. The summed E-state index contributed by atoms with van der Waals surface area (Å²) in [6.07, 6.45) is 6.78. The van der Waals surface area contributed by atoms with Crippen molar-refractivity contribution >= 4 is 10.8 Å². The van der Waals surface area contributed by atoms with Crippen molar-refractivity contribution in [2.75, 3.05) is 0 Å². The molecule has 0 spiro atoms. The average molecular weight is 312 g/mol. The number of allylic oxidation sites excluding steroid dienone is 4. The molecular weight excluding hydrogens is 292 g/mol. The second-order valence-corrected chi connectivity index (χ2v) is 6.40. The first kappa shape index (κ1) is 14.9. The van der Waals surface area contributed by atoms with Gasteiger partial charge in [-0.15, -0.1) is 0 Å². The number of benzene rings is 3. The van der Waals surface area contributed by atoms with Gasteiger partial charge in [0.2, 0.25) is 0 Å². The Morgan fingerprint density at radius 2 is 1.71 bits per heavy atom. The van der Waals surface area contributed by atoms with Crippen molar-refractivity contribution in [3.8, 4) is 11.1 Å². The molecule has 1 nitrogen and oxygen atoms in total. The molecule has 118 valence electrons. The Morgan fingerprint density at radius 3 is 2.42 bits per heavy atom. The minimum absolute atomic E-state index is 0.0793. The SMILES string of the molecule is CC1=CC(c2ccc3ccccc3c2-c2ccc(CO)cc2)C=C1. The molecule has 1 aliphatic carbocycles. The van der Waals surface area contributed by atoms with Crippen LogP contribution in [0.15, 0.2) is 84.5 Å². The zero-order chi connectivity index (χ0) is 16.5. The Balaban J connectivity index is 1.97. The van der Waals surface area contributed by atoms with E-state index in [1.807, 2.05) is 12.1 Å². The summed E-state index contributed by atoms with van der Waals surface area (Å²) >= 11 is 0. The molecule has 0 aliphatic heterocycles. The third kappa shape index (κ3) is 2.57. The van der Waals surface area contributed by atoms with Gasteiger partial charge in [-0.25, -0.2) is 0 Å². The molecule has 0 bridgehead atoms. The van der Waals surface area contributed by atoms with Gasteiger partial charge in [0.05, 0.1) is 6.61 Å². The smallest absolute Gasteiger partial charge is 0.0681 e. The number of fused-ring (bicyclic) bond motifs is 1. The summed E-state index contributed by atoms with van der Waals surface area (Å²) in [5.74, 6) is 0.321. The standard InChI is InChI=1S/C23H20O/c1-16-6-9-20(14-16)22-13-12-18-4-2-3-5-21(18)23(22)19-10-7-17(15-24)8-11-19/h2-14,20,24H,15H2,1H3. The van der Waals surface area contributed by atoms with Gasteiger partial charge in [-0.3, -0.25) is 0 Å². The molecule has 0 heterocycles. The molecule has 1 heteroatoms. The van der Waals surface area contributed by atoms with Crippen molar-refractivity contribution in [1.29, 1.82) is 0 Å². The van der Waals surface area contributed by atoms with Crippen LogP contribution in [0.2, 0.25) is 0 Å². The van der Waals surface area contributed by atoms with Crippen LogP contribution < -0.4 is 0 Å². The van der Waals surface area contributed by atoms with Crippen molar-refractivity contribution in [2.24, 2.45) is 0 Å². The Hall–Kier alpha value is -2.64. The fraction of sp³-hybridized carbons (Fsp3) is 0.130. The highest BCUT2D eigenvalue weighted by atomic mass is 16.3. The van der Waals surface area contributed by atoms with Gasteiger partial charge in [0, 0.05) is 5.92 Å². The summed E-state index contributed by atoms with van der Waals surface area (Å²) in [5, 5.41) is 11.8. The second-order valence-electron chi connectivity index (χ2n) is 6.40. The first-order chi connectivity index (χ1) is 11.8. The van der Waals surface area contributed by atoms with Crippen LogP contribution in [0, 0.1) is 0 Å². The predicted octanol–water partition coefficient (Wildman–Crippen LogP) is 5.60. The number of aliphatic hydroxyl groups is 1. The molecule has 0 aromatic heterocycles. The van der Waals surface area contributed by atoms with E-state index < -0.39 is 0 Å². The van der Waals surface area contributed by atoms with Gasteiger partial charge in [-0.2, -0.15) is 0 Å². The summed E-state index contributed by atoms with van der Waals surface area (Å²) in [6.45, 7) is 2.23. The van der Waals surface area contributed by atoms with Crippen LogP contribution in [-0.2, 0) is 6.61 Å². The van der Waals surface area contributed by atoms with E-state index in [0.717, 1.165) is 5.56 Å². The topological polar surface area (TPSA) is 20.2 Å². The fourth-order valence-corrected chi connectivity index (χ4v) is 3.51. The fourth-order valence-electron chi connectivity index (χ4n) is 3.51. The van der Waals surface area contributed by atoms with Crippen molar-refractivity contribution in [3.05, 3.63) is 95.6 Å². The zero-order valence-electron chi connectivity index (χ0n) is 13.7. The van der Waals surface area contributed by atoms with E-state index in [-0.39, 0.29) is 6.61 Å². The molecule has 3 aromatic carbocycles.